The lowest BCUT2D eigenvalue weighted by Gasteiger charge is -2.51. The Morgan fingerprint density at radius 2 is 1.71 bits per heavy atom. The van der Waals surface area contributed by atoms with Gasteiger partial charge in [-0.25, -0.2) is 0 Å². The Morgan fingerprint density at radius 3 is 2.48 bits per heavy atom. The van der Waals surface area contributed by atoms with Crippen molar-refractivity contribution in [3.63, 3.8) is 0 Å². The lowest BCUT2D eigenvalue weighted by molar-refractivity contribution is -0.362. The Hall–Kier alpha value is 0.150. The van der Waals surface area contributed by atoms with Crippen molar-refractivity contribution in [2.45, 2.75) is 81.0 Å². The molecule has 0 aromatic rings. The summed E-state index contributed by atoms with van der Waals surface area (Å²) in [6, 6.07) is 0. The summed E-state index contributed by atoms with van der Waals surface area (Å²) in [5, 5.41) is 0. The summed E-state index contributed by atoms with van der Waals surface area (Å²) in [6.07, 6.45) is 7.23. The highest BCUT2D eigenvalue weighted by Crippen LogP contribution is 2.44. The van der Waals surface area contributed by atoms with Gasteiger partial charge in [0.1, 0.15) is 29.9 Å². The van der Waals surface area contributed by atoms with E-state index in [1.165, 1.54) is 19.3 Å². The van der Waals surface area contributed by atoms with Gasteiger partial charge in [-0.05, 0) is 26.0 Å². The second-order valence-electron chi connectivity index (χ2n) is 6.41. The lowest BCUT2D eigenvalue weighted by Crippen LogP contribution is -2.64. The van der Waals surface area contributed by atoms with Crippen LogP contribution in [0, 0.1) is 0 Å². The first-order valence-electron chi connectivity index (χ1n) is 8.02. The Bertz CT molecular complexity index is 386. The number of hydrogen-bond donors (Lipinski definition) is 0. The van der Waals surface area contributed by atoms with E-state index in [9.17, 15) is 0 Å². The minimum atomic E-state index is -0.408. The molecule has 1 aliphatic carbocycles. The summed E-state index contributed by atoms with van der Waals surface area (Å²) in [7, 11) is 0. The van der Waals surface area contributed by atoms with E-state index in [1.807, 2.05) is 13.2 Å². The lowest BCUT2D eigenvalue weighted by atomic mass is 9.91. The maximum absolute atomic E-state index is 6.41. The van der Waals surface area contributed by atoms with Crippen LogP contribution in [0.15, 0.2) is 0 Å². The summed E-state index contributed by atoms with van der Waals surface area (Å²) >= 11 is 1.67. The second kappa shape index (κ2) is 5.65. The third kappa shape index (κ3) is 2.54. The molecule has 4 rings (SSSR count). The van der Waals surface area contributed by atoms with Crippen molar-refractivity contribution in [1.82, 2.24) is 0 Å². The first-order valence-corrected chi connectivity index (χ1v) is 9.30. The van der Waals surface area contributed by atoms with E-state index in [0.29, 0.717) is 6.61 Å². The topological polar surface area (TPSA) is 46.2 Å². The second-order valence-corrected chi connectivity index (χ2v) is 7.35. The predicted octanol–water partition coefficient (Wildman–Crippen LogP) is 2.28. The van der Waals surface area contributed by atoms with Crippen LogP contribution in [-0.2, 0) is 23.7 Å². The molecule has 4 aliphatic rings. The molecule has 0 aromatic carbocycles. The number of thioether (sulfide) groups is 1. The average Bonchev–Trinajstić information content (AvgIpc) is 2.89. The molecule has 120 valence electrons. The van der Waals surface area contributed by atoms with E-state index in [1.54, 1.807) is 11.8 Å². The van der Waals surface area contributed by atoms with Gasteiger partial charge in [0.15, 0.2) is 12.1 Å². The highest BCUT2D eigenvalue weighted by molar-refractivity contribution is 7.99. The SMILES string of the molecule is CS[C@@H]1OC2COC3(CCCCC3)O[C@@H]2[C@@H]2OC(C)OC21. The van der Waals surface area contributed by atoms with Gasteiger partial charge in [0.2, 0.25) is 0 Å². The molecule has 4 fully saturated rings. The van der Waals surface area contributed by atoms with Gasteiger partial charge in [-0.3, -0.25) is 0 Å². The van der Waals surface area contributed by atoms with Crippen LogP contribution < -0.4 is 0 Å². The van der Waals surface area contributed by atoms with Crippen LogP contribution in [0.5, 0.6) is 0 Å². The van der Waals surface area contributed by atoms with Crippen molar-refractivity contribution >= 4 is 11.8 Å². The molecular formula is C15H24O5S. The Kier molecular flexibility index (Phi) is 3.96. The van der Waals surface area contributed by atoms with Gasteiger partial charge < -0.3 is 23.7 Å². The van der Waals surface area contributed by atoms with Crippen LogP contribution in [0.4, 0.5) is 0 Å². The fourth-order valence-electron chi connectivity index (χ4n) is 3.99. The standard InChI is InChI=1S/C15H24O5S/c1-9-17-12-11-10(19-14(21-2)13(12)18-9)8-16-15(20-11)6-4-3-5-7-15/h9-14H,3-8H2,1-2H3/t9?,10?,11-,12-,13?,14-/m0/s1. The maximum atomic E-state index is 6.41. The van der Waals surface area contributed by atoms with Crippen molar-refractivity contribution in [2.75, 3.05) is 12.9 Å². The van der Waals surface area contributed by atoms with E-state index in [4.69, 9.17) is 23.7 Å². The Balaban J connectivity index is 1.55. The van der Waals surface area contributed by atoms with Gasteiger partial charge in [-0.1, -0.05) is 6.42 Å². The first-order chi connectivity index (χ1) is 10.2. The Labute approximate surface area is 130 Å². The van der Waals surface area contributed by atoms with Crippen LogP contribution >= 0.6 is 11.8 Å². The van der Waals surface area contributed by atoms with E-state index < -0.39 is 5.79 Å². The van der Waals surface area contributed by atoms with E-state index in [-0.39, 0.29) is 36.1 Å². The van der Waals surface area contributed by atoms with Crippen molar-refractivity contribution in [3.8, 4) is 0 Å². The molecule has 3 saturated heterocycles. The summed E-state index contributed by atoms with van der Waals surface area (Å²) in [5.41, 5.74) is -0.00574. The predicted molar refractivity (Wildman–Crippen MR) is 78.0 cm³/mol. The molecular weight excluding hydrogens is 292 g/mol. The third-order valence-electron chi connectivity index (χ3n) is 5.00. The van der Waals surface area contributed by atoms with Gasteiger partial charge in [-0.2, -0.15) is 0 Å². The monoisotopic (exact) mass is 316 g/mol. The number of ether oxygens (including phenoxy) is 5. The van der Waals surface area contributed by atoms with Gasteiger partial charge >= 0.3 is 0 Å². The summed E-state index contributed by atoms with van der Waals surface area (Å²) in [4.78, 5) is 0. The molecule has 6 atom stereocenters. The van der Waals surface area contributed by atoms with Crippen LogP contribution in [0.25, 0.3) is 0 Å². The summed E-state index contributed by atoms with van der Waals surface area (Å²) in [6.45, 7) is 2.54. The fourth-order valence-corrected chi connectivity index (χ4v) is 4.73. The van der Waals surface area contributed by atoms with Crippen LogP contribution in [-0.4, -0.2) is 54.8 Å². The maximum Gasteiger partial charge on any atom is 0.169 e. The number of fused-ring (bicyclic) bond motifs is 3. The van der Waals surface area contributed by atoms with Gasteiger partial charge in [-0.15, -0.1) is 11.8 Å². The average molecular weight is 316 g/mol. The molecule has 3 unspecified atom stereocenters. The molecule has 0 N–H and O–H groups in total. The van der Waals surface area contributed by atoms with Gasteiger partial charge in [0, 0.05) is 12.8 Å². The highest BCUT2D eigenvalue weighted by atomic mass is 32.2. The van der Waals surface area contributed by atoms with Crippen LogP contribution in [0.2, 0.25) is 0 Å². The van der Waals surface area contributed by atoms with Crippen molar-refractivity contribution in [1.29, 1.82) is 0 Å². The summed E-state index contributed by atoms with van der Waals surface area (Å²) in [5.74, 6) is -0.408. The fraction of sp³-hybridized carbons (Fsp3) is 1.00. The van der Waals surface area contributed by atoms with Crippen LogP contribution in [0.3, 0.4) is 0 Å². The Morgan fingerprint density at radius 1 is 0.952 bits per heavy atom. The molecule has 6 heteroatoms. The zero-order valence-corrected chi connectivity index (χ0v) is 13.5. The minimum absolute atomic E-state index is 0.00574. The van der Waals surface area contributed by atoms with Crippen molar-refractivity contribution < 1.29 is 23.7 Å². The zero-order chi connectivity index (χ0) is 14.4. The van der Waals surface area contributed by atoms with E-state index >= 15 is 0 Å². The smallest absolute Gasteiger partial charge is 0.169 e. The molecule has 0 radical (unpaired) electrons. The molecule has 1 spiro atoms. The van der Waals surface area contributed by atoms with E-state index in [0.717, 1.165) is 12.8 Å². The van der Waals surface area contributed by atoms with E-state index in [2.05, 4.69) is 0 Å². The number of rotatable bonds is 1. The number of hydrogen-bond acceptors (Lipinski definition) is 6. The van der Waals surface area contributed by atoms with Crippen molar-refractivity contribution in [2.24, 2.45) is 0 Å². The molecule has 3 aliphatic heterocycles. The largest absolute Gasteiger partial charge is 0.356 e. The van der Waals surface area contributed by atoms with Crippen molar-refractivity contribution in [3.05, 3.63) is 0 Å². The first kappa shape index (κ1) is 14.7. The highest BCUT2D eigenvalue weighted by Gasteiger charge is 2.57. The quantitative estimate of drug-likeness (QED) is 0.739. The molecule has 0 bridgehead atoms. The van der Waals surface area contributed by atoms with Gasteiger partial charge in [0.25, 0.3) is 0 Å². The molecule has 0 aromatic heterocycles. The normalized spacial score (nSPS) is 48.9. The third-order valence-corrected chi connectivity index (χ3v) is 5.84. The van der Waals surface area contributed by atoms with Crippen LogP contribution in [0.1, 0.15) is 39.0 Å². The zero-order valence-electron chi connectivity index (χ0n) is 12.7. The molecule has 3 heterocycles. The molecule has 21 heavy (non-hydrogen) atoms. The van der Waals surface area contributed by atoms with Gasteiger partial charge in [0.05, 0.1) is 6.61 Å². The summed E-state index contributed by atoms with van der Waals surface area (Å²) < 4.78 is 30.6. The molecule has 5 nitrogen and oxygen atoms in total. The molecule has 1 saturated carbocycles. The minimum Gasteiger partial charge on any atom is -0.356 e. The molecule has 0 amide bonds.